The summed E-state index contributed by atoms with van der Waals surface area (Å²) >= 11 is 0. The summed E-state index contributed by atoms with van der Waals surface area (Å²) < 4.78 is 18.6. The van der Waals surface area contributed by atoms with Gasteiger partial charge in [0.05, 0.1) is 5.56 Å². The minimum Gasteiger partial charge on any atom is -0.454 e. The average molecular weight is 353 g/mol. The second-order valence-electron chi connectivity index (χ2n) is 6.75. The molecule has 0 unspecified atom stereocenters. The van der Waals surface area contributed by atoms with Crippen LogP contribution < -0.4 is 4.90 Å². The molecule has 2 aromatic carbocycles. The Morgan fingerprint density at radius 2 is 1.77 bits per heavy atom. The van der Waals surface area contributed by atoms with Crippen LogP contribution in [-0.4, -0.2) is 25.4 Å². The molecule has 4 nitrogen and oxygen atoms in total. The van der Waals surface area contributed by atoms with Gasteiger partial charge in [-0.1, -0.05) is 44.2 Å². The number of ether oxygens (including phenoxy) is 1. The van der Waals surface area contributed by atoms with Gasteiger partial charge in [0.1, 0.15) is 5.82 Å². The number of allylic oxidation sites excluding steroid dienone is 1. The van der Waals surface area contributed by atoms with Gasteiger partial charge < -0.3 is 9.64 Å². The molecule has 0 radical (unpaired) electrons. The molecule has 1 aliphatic rings. The highest BCUT2D eigenvalue weighted by Crippen LogP contribution is 2.46. The fourth-order valence-corrected chi connectivity index (χ4v) is 3.29. The van der Waals surface area contributed by atoms with E-state index in [4.69, 9.17) is 4.74 Å². The number of benzene rings is 2. The van der Waals surface area contributed by atoms with Gasteiger partial charge in [-0.2, -0.15) is 0 Å². The minimum absolute atomic E-state index is 0.182. The first-order valence-electron chi connectivity index (χ1n) is 8.32. The van der Waals surface area contributed by atoms with Gasteiger partial charge in [-0.15, -0.1) is 0 Å². The van der Waals surface area contributed by atoms with E-state index in [1.807, 2.05) is 50.1 Å². The van der Waals surface area contributed by atoms with Crippen LogP contribution in [-0.2, 0) is 14.9 Å². The van der Waals surface area contributed by atoms with Crippen molar-refractivity contribution in [1.82, 2.24) is 0 Å². The van der Waals surface area contributed by atoms with Crippen molar-refractivity contribution >= 4 is 17.4 Å². The lowest BCUT2D eigenvalue weighted by atomic mass is 9.83. The smallest absolute Gasteiger partial charge is 0.341 e. The summed E-state index contributed by atoms with van der Waals surface area (Å²) in [6, 6.07) is 13.5. The number of ketones is 1. The first kappa shape index (κ1) is 17.9. The number of hydrogen-bond donors (Lipinski definition) is 0. The molecule has 0 saturated carbocycles. The summed E-state index contributed by atoms with van der Waals surface area (Å²) in [7, 11) is 1.90. The first-order chi connectivity index (χ1) is 12.3. The highest BCUT2D eigenvalue weighted by molar-refractivity contribution is 5.96. The first-order valence-corrected chi connectivity index (χ1v) is 8.32. The summed E-state index contributed by atoms with van der Waals surface area (Å²) in [5.74, 6) is -1.87. The maximum atomic E-state index is 13.6. The number of likely N-dealkylation sites (N-methyl/N-ethyl adjacent to an activating group) is 1. The zero-order valence-corrected chi connectivity index (χ0v) is 15.0. The molecule has 0 spiro atoms. The van der Waals surface area contributed by atoms with E-state index < -0.39 is 18.4 Å². The number of fused-ring (bicyclic) bond motifs is 1. The largest absolute Gasteiger partial charge is 0.454 e. The second-order valence-corrected chi connectivity index (χ2v) is 6.75. The molecule has 5 heteroatoms. The van der Waals surface area contributed by atoms with E-state index in [9.17, 15) is 14.0 Å². The van der Waals surface area contributed by atoms with Crippen LogP contribution in [0.25, 0.3) is 0 Å². The van der Waals surface area contributed by atoms with Crippen molar-refractivity contribution in [2.24, 2.45) is 0 Å². The zero-order chi connectivity index (χ0) is 18.9. The number of rotatable bonds is 4. The van der Waals surface area contributed by atoms with E-state index in [0.717, 1.165) is 16.9 Å². The number of halogens is 1. The summed E-state index contributed by atoms with van der Waals surface area (Å²) in [4.78, 5) is 26.2. The molecule has 1 aliphatic heterocycles. The molecule has 0 aromatic heterocycles. The van der Waals surface area contributed by atoms with Crippen molar-refractivity contribution in [2.45, 2.75) is 19.3 Å². The lowest BCUT2D eigenvalue weighted by Gasteiger charge is -2.23. The average Bonchev–Trinajstić information content (AvgIpc) is 2.81. The van der Waals surface area contributed by atoms with E-state index in [0.29, 0.717) is 0 Å². The molecule has 0 bridgehead atoms. The Morgan fingerprint density at radius 3 is 2.46 bits per heavy atom. The van der Waals surface area contributed by atoms with Crippen molar-refractivity contribution in [3.8, 4) is 0 Å². The summed E-state index contributed by atoms with van der Waals surface area (Å²) in [6.07, 6.45) is 1.49. The van der Waals surface area contributed by atoms with E-state index in [-0.39, 0.29) is 16.8 Å². The molecule has 0 atom stereocenters. The monoisotopic (exact) mass is 353 g/mol. The number of esters is 1. The van der Waals surface area contributed by atoms with Gasteiger partial charge in [-0.3, -0.25) is 4.79 Å². The predicted molar refractivity (Wildman–Crippen MR) is 97.6 cm³/mol. The zero-order valence-electron chi connectivity index (χ0n) is 15.0. The van der Waals surface area contributed by atoms with E-state index >= 15 is 0 Å². The molecule has 3 rings (SSSR count). The fourth-order valence-electron chi connectivity index (χ4n) is 3.29. The van der Waals surface area contributed by atoms with E-state index in [1.165, 1.54) is 30.3 Å². The van der Waals surface area contributed by atoms with Gasteiger partial charge in [0, 0.05) is 29.9 Å². The standard InChI is InChI=1S/C21H20FNO3/c1-21(2)16-9-5-7-11-18(16)23(3)19(21)12-14(24)13-26-20(25)15-8-4-6-10-17(15)22/h4-12H,13H2,1-3H3/b19-12-. The van der Waals surface area contributed by atoms with Gasteiger partial charge in [-0.25, -0.2) is 9.18 Å². The number of anilines is 1. The normalized spacial score (nSPS) is 16.5. The topological polar surface area (TPSA) is 46.6 Å². The highest BCUT2D eigenvalue weighted by Gasteiger charge is 2.38. The molecule has 0 N–H and O–H groups in total. The van der Waals surface area contributed by atoms with Crippen LogP contribution in [0.5, 0.6) is 0 Å². The quantitative estimate of drug-likeness (QED) is 0.618. The lowest BCUT2D eigenvalue weighted by molar-refractivity contribution is -0.117. The predicted octanol–water partition coefficient (Wildman–Crippen LogP) is 3.86. The molecule has 0 amide bonds. The van der Waals surface area contributed by atoms with Gasteiger partial charge in [0.15, 0.2) is 12.4 Å². The van der Waals surface area contributed by atoms with Crippen LogP contribution in [0.4, 0.5) is 10.1 Å². The Hall–Kier alpha value is -2.95. The minimum atomic E-state index is -0.850. The molecule has 0 fully saturated rings. The van der Waals surface area contributed by atoms with Crippen LogP contribution in [0.15, 0.2) is 60.3 Å². The number of carbonyl (C=O) groups excluding carboxylic acids is 2. The summed E-state index contributed by atoms with van der Waals surface area (Å²) in [6.45, 7) is 3.65. The van der Waals surface area contributed by atoms with Crippen LogP contribution in [0.3, 0.4) is 0 Å². The maximum Gasteiger partial charge on any atom is 0.341 e. The number of nitrogens with zero attached hydrogens (tertiary/aromatic N) is 1. The Morgan fingerprint density at radius 1 is 1.12 bits per heavy atom. The van der Waals surface area contributed by atoms with Gasteiger partial charge in [0.2, 0.25) is 0 Å². The molecular weight excluding hydrogens is 333 g/mol. The van der Waals surface area contributed by atoms with Gasteiger partial charge >= 0.3 is 5.97 Å². The number of carbonyl (C=O) groups is 2. The fraction of sp³-hybridized carbons (Fsp3) is 0.238. The Bertz CT molecular complexity index is 902. The van der Waals surface area contributed by atoms with Crippen LogP contribution >= 0.6 is 0 Å². The van der Waals surface area contributed by atoms with Crippen molar-refractivity contribution < 1.29 is 18.7 Å². The van der Waals surface area contributed by atoms with Crippen LogP contribution in [0, 0.1) is 5.82 Å². The van der Waals surface area contributed by atoms with Gasteiger partial charge in [-0.05, 0) is 23.8 Å². The highest BCUT2D eigenvalue weighted by atomic mass is 19.1. The third-order valence-electron chi connectivity index (χ3n) is 4.68. The summed E-state index contributed by atoms with van der Waals surface area (Å²) in [5.41, 5.74) is 2.48. The van der Waals surface area contributed by atoms with Crippen LogP contribution in [0.2, 0.25) is 0 Å². The molecule has 0 saturated heterocycles. The molecular formula is C21H20FNO3. The number of para-hydroxylation sites is 1. The molecule has 0 aliphatic carbocycles. The molecule has 1 heterocycles. The second kappa shape index (κ2) is 6.75. The Balaban J connectivity index is 1.74. The molecule has 134 valence electrons. The molecule has 26 heavy (non-hydrogen) atoms. The lowest BCUT2D eigenvalue weighted by Crippen LogP contribution is -2.25. The van der Waals surface area contributed by atoms with Gasteiger partial charge in [0.25, 0.3) is 0 Å². The third-order valence-corrected chi connectivity index (χ3v) is 4.68. The van der Waals surface area contributed by atoms with Crippen molar-refractivity contribution in [1.29, 1.82) is 0 Å². The maximum absolute atomic E-state index is 13.6. The van der Waals surface area contributed by atoms with Crippen molar-refractivity contribution in [2.75, 3.05) is 18.6 Å². The summed E-state index contributed by atoms with van der Waals surface area (Å²) in [5, 5.41) is 0. The van der Waals surface area contributed by atoms with E-state index in [1.54, 1.807) is 0 Å². The molecule has 2 aromatic rings. The Kier molecular flexibility index (Phi) is 4.64. The van der Waals surface area contributed by atoms with E-state index in [2.05, 4.69) is 0 Å². The van der Waals surface area contributed by atoms with Crippen molar-refractivity contribution in [3.05, 3.63) is 77.2 Å². The van der Waals surface area contributed by atoms with Crippen LogP contribution in [0.1, 0.15) is 29.8 Å². The Labute approximate surface area is 151 Å². The third kappa shape index (κ3) is 3.12. The van der Waals surface area contributed by atoms with Crippen molar-refractivity contribution in [3.63, 3.8) is 0 Å². The number of hydrogen-bond acceptors (Lipinski definition) is 4. The SMILES string of the molecule is CN1/C(=C\C(=O)COC(=O)c2ccccc2F)C(C)(C)c2ccccc21.